The quantitative estimate of drug-likeness (QED) is 0.546. The van der Waals surface area contributed by atoms with Gasteiger partial charge in [0, 0.05) is 5.57 Å². The molecule has 0 amide bonds. The van der Waals surface area contributed by atoms with E-state index in [1.807, 2.05) is 0 Å². The van der Waals surface area contributed by atoms with Crippen LogP contribution in [-0.4, -0.2) is 11.1 Å². The lowest BCUT2D eigenvalue weighted by molar-refractivity contribution is -0.132. The standard InChI is InChI=1S/C6H7BrO2/c1-2-3-5(4-7)6(8)9/h2,4H,1,3H2,(H,8,9). The van der Waals surface area contributed by atoms with Gasteiger partial charge in [0.25, 0.3) is 0 Å². The summed E-state index contributed by atoms with van der Waals surface area (Å²) in [6, 6.07) is 0. The minimum absolute atomic E-state index is 0.310. The second kappa shape index (κ2) is 4.32. The van der Waals surface area contributed by atoms with Gasteiger partial charge in [0.1, 0.15) is 0 Å². The summed E-state index contributed by atoms with van der Waals surface area (Å²) in [6.45, 7) is 3.41. The van der Waals surface area contributed by atoms with E-state index in [2.05, 4.69) is 22.5 Å². The number of aliphatic carboxylic acids is 1. The predicted molar refractivity (Wildman–Crippen MR) is 39.5 cm³/mol. The molecule has 9 heavy (non-hydrogen) atoms. The Kier molecular flexibility index (Phi) is 4.05. The van der Waals surface area contributed by atoms with Gasteiger partial charge in [-0.15, -0.1) is 6.58 Å². The second-order valence-corrected chi connectivity index (χ2v) is 1.89. The van der Waals surface area contributed by atoms with E-state index < -0.39 is 5.97 Å². The SMILES string of the molecule is C=CCC(=CBr)C(=O)O. The third-order valence-electron chi connectivity index (χ3n) is 0.771. The maximum atomic E-state index is 10.2. The highest BCUT2D eigenvalue weighted by Crippen LogP contribution is 2.04. The summed E-state index contributed by atoms with van der Waals surface area (Å²) in [5.74, 6) is -0.910. The fraction of sp³-hybridized carbons (Fsp3) is 0.167. The molecule has 0 fully saturated rings. The number of carboxylic acids is 1. The highest BCUT2D eigenvalue weighted by molar-refractivity contribution is 9.11. The molecule has 2 nitrogen and oxygen atoms in total. The average Bonchev–Trinajstić information content (AvgIpc) is 1.82. The third-order valence-corrected chi connectivity index (χ3v) is 1.32. The molecule has 3 heteroatoms. The third kappa shape index (κ3) is 3.08. The Morgan fingerprint density at radius 1 is 1.78 bits per heavy atom. The van der Waals surface area contributed by atoms with Crippen LogP contribution in [0.15, 0.2) is 23.2 Å². The normalized spacial score (nSPS) is 11.0. The van der Waals surface area contributed by atoms with Gasteiger partial charge in [-0.05, 0) is 11.4 Å². The Morgan fingerprint density at radius 3 is 2.44 bits per heavy atom. The number of allylic oxidation sites excluding steroid dienone is 1. The van der Waals surface area contributed by atoms with Crippen LogP contribution in [0, 0.1) is 0 Å². The summed E-state index contributed by atoms with van der Waals surface area (Å²) in [6.07, 6.45) is 1.93. The largest absolute Gasteiger partial charge is 0.478 e. The lowest BCUT2D eigenvalue weighted by Crippen LogP contribution is -1.97. The molecule has 0 aromatic carbocycles. The van der Waals surface area contributed by atoms with Crippen LogP contribution in [0.2, 0.25) is 0 Å². The number of carbonyl (C=O) groups is 1. The van der Waals surface area contributed by atoms with Crippen LogP contribution in [0.1, 0.15) is 6.42 Å². The Hall–Kier alpha value is -0.570. The Morgan fingerprint density at radius 2 is 2.33 bits per heavy atom. The molecule has 0 aromatic heterocycles. The van der Waals surface area contributed by atoms with Gasteiger partial charge in [0.2, 0.25) is 0 Å². The summed E-state index contributed by atoms with van der Waals surface area (Å²) in [5, 5.41) is 8.36. The maximum absolute atomic E-state index is 10.2. The van der Waals surface area contributed by atoms with E-state index in [0.717, 1.165) is 0 Å². The van der Waals surface area contributed by atoms with E-state index >= 15 is 0 Å². The van der Waals surface area contributed by atoms with Gasteiger partial charge >= 0.3 is 5.97 Å². The van der Waals surface area contributed by atoms with Gasteiger partial charge in [-0.1, -0.05) is 22.0 Å². The molecule has 0 rings (SSSR count). The first kappa shape index (κ1) is 8.43. The van der Waals surface area contributed by atoms with Crippen LogP contribution in [0.5, 0.6) is 0 Å². The van der Waals surface area contributed by atoms with Crippen molar-refractivity contribution in [2.45, 2.75) is 6.42 Å². The molecule has 0 saturated carbocycles. The van der Waals surface area contributed by atoms with Crippen molar-refractivity contribution in [3.05, 3.63) is 23.2 Å². The number of hydrogen-bond donors (Lipinski definition) is 1. The topological polar surface area (TPSA) is 37.3 Å². The molecule has 0 atom stereocenters. The van der Waals surface area contributed by atoms with Gasteiger partial charge in [-0.2, -0.15) is 0 Å². The number of hydrogen-bond acceptors (Lipinski definition) is 1. The zero-order valence-electron chi connectivity index (χ0n) is 4.80. The molecule has 0 radical (unpaired) electrons. The first-order valence-corrected chi connectivity index (χ1v) is 3.27. The summed E-state index contributed by atoms with van der Waals surface area (Å²) in [4.78, 5) is 11.6. The van der Waals surface area contributed by atoms with Gasteiger partial charge in [0.05, 0.1) is 0 Å². The van der Waals surface area contributed by atoms with Crippen molar-refractivity contribution in [2.24, 2.45) is 0 Å². The zero-order valence-corrected chi connectivity index (χ0v) is 6.39. The van der Waals surface area contributed by atoms with E-state index in [-0.39, 0.29) is 0 Å². The number of carboxylic acid groups (broad SMARTS) is 1. The second-order valence-electron chi connectivity index (χ2n) is 1.43. The number of rotatable bonds is 3. The highest BCUT2D eigenvalue weighted by Gasteiger charge is 2.01. The van der Waals surface area contributed by atoms with E-state index in [0.29, 0.717) is 12.0 Å². The molecule has 0 heterocycles. The van der Waals surface area contributed by atoms with Gasteiger partial charge in [0.15, 0.2) is 0 Å². The summed E-state index contributed by atoms with van der Waals surface area (Å²) in [7, 11) is 0. The molecule has 50 valence electrons. The van der Waals surface area contributed by atoms with E-state index in [1.54, 1.807) is 6.08 Å². The van der Waals surface area contributed by atoms with Gasteiger partial charge in [-0.3, -0.25) is 0 Å². The Labute approximate surface area is 62.0 Å². The molecule has 0 bridgehead atoms. The van der Waals surface area contributed by atoms with E-state index in [4.69, 9.17) is 5.11 Å². The summed E-state index contributed by atoms with van der Waals surface area (Å²) in [5.41, 5.74) is 0.310. The molecule has 1 N–H and O–H groups in total. The highest BCUT2D eigenvalue weighted by atomic mass is 79.9. The zero-order chi connectivity index (χ0) is 7.28. The minimum Gasteiger partial charge on any atom is -0.478 e. The Bertz CT molecular complexity index is 149. The van der Waals surface area contributed by atoms with Crippen LogP contribution in [-0.2, 0) is 4.79 Å². The lowest BCUT2D eigenvalue weighted by atomic mass is 10.2. The maximum Gasteiger partial charge on any atom is 0.332 e. The van der Waals surface area contributed by atoms with Crippen molar-refractivity contribution in [3.8, 4) is 0 Å². The van der Waals surface area contributed by atoms with Crippen LogP contribution in [0.25, 0.3) is 0 Å². The Balaban J connectivity index is 4.00. The van der Waals surface area contributed by atoms with Crippen LogP contribution >= 0.6 is 15.9 Å². The first-order chi connectivity index (χ1) is 4.22. The predicted octanol–water partition coefficient (Wildman–Crippen LogP) is 1.93. The van der Waals surface area contributed by atoms with Crippen LogP contribution in [0.3, 0.4) is 0 Å². The summed E-state index contributed by atoms with van der Waals surface area (Å²) >= 11 is 2.93. The molecule has 0 aliphatic rings. The fourth-order valence-corrected chi connectivity index (χ4v) is 0.717. The molecular formula is C6H7BrO2. The molecule has 0 aliphatic heterocycles. The average molecular weight is 191 g/mol. The van der Waals surface area contributed by atoms with Crippen molar-refractivity contribution in [2.75, 3.05) is 0 Å². The molecule has 0 spiro atoms. The van der Waals surface area contributed by atoms with Crippen molar-refractivity contribution in [1.82, 2.24) is 0 Å². The van der Waals surface area contributed by atoms with Crippen molar-refractivity contribution in [3.63, 3.8) is 0 Å². The molecule has 0 saturated heterocycles. The van der Waals surface area contributed by atoms with Crippen molar-refractivity contribution in [1.29, 1.82) is 0 Å². The molecule has 0 unspecified atom stereocenters. The lowest BCUT2D eigenvalue weighted by Gasteiger charge is -1.91. The molecule has 0 aromatic rings. The minimum atomic E-state index is -0.910. The van der Waals surface area contributed by atoms with Crippen molar-refractivity contribution >= 4 is 21.9 Å². The monoisotopic (exact) mass is 190 g/mol. The van der Waals surface area contributed by atoms with Crippen LogP contribution in [0.4, 0.5) is 0 Å². The first-order valence-electron chi connectivity index (χ1n) is 2.35. The van der Waals surface area contributed by atoms with E-state index in [9.17, 15) is 4.79 Å². The van der Waals surface area contributed by atoms with Gasteiger partial charge < -0.3 is 5.11 Å². The smallest absolute Gasteiger partial charge is 0.332 e. The van der Waals surface area contributed by atoms with Gasteiger partial charge in [-0.25, -0.2) is 4.79 Å². The van der Waals surface area contributed by atoms with Crippen molar-refractivity contribution < 1.29 is 9.90 Å². The fourth-order valence-electron chi connectivity index (χ4n) is 0.334. The number of halogens is 1. The van der Waals surface area contributed by atoms with Crippen LogP contribution < -0.4 is 0 Å². The van der Waals surface area contributed by atoms with E-state index in [1.165, 1.54) is 4.99 Å². The summed E-state index contributed by atoms with van der Waals surface area (Å²) < 4.78 is 0. The molecular weight excluding hydrogens is 184 g/mol. The molecule has 0 aliphatic carbocycles.